The summed E-state index contributed by atoms with van der Waals surface area (Å²) in [5.41, 5.74) is 7.59. The molecule has 0 bridgehead atoms. The summed E-state index contributed by atoms with van der Waals surface area (Å²) in [7, 11) is -3.40. The van der Waals surface area contributed by atoms with Crippen molar-refractivity contribution in [3.05, 3.63) is 51.9 Å². The maximum Gasteiger partial charge on any atom is 0.259 e. The molecule has 0 radical (unpaired) electrons. The molecule has 4 N–H and O–H groups in total. The molecule has 4 aromatic rings. The molecule has 0 saturated carbocycles. The molecule has 1 aliphatic rings. The molecule has 1 unspecified atom stereocenters. The third-order valence-electron chi connectivity index (χ3n) is 5.79. The summed E-state index contributed by atoms with van der Waals surface area (Å²) in [5.74, 6) is 0.0554. The molecule has 1 atom stereocenters. The van der Waals surface area contributed by atoms with Gasteiger partial charge in [0.25, 0.3) is 5.91 Å². The normalized spacial score (nSPS) is 16.9. The molecule has 0 aromatic carbocycles. The summed E-state index contributed by atoms with van der Waals surface area (Å²) in [5, 5.41) is 12.1. The minimum absolute atomic E-state index is 0.0461. The highest BCUT2D eigenvalue weighted by Gasteiger charge is 2.28. The van der Waals surface area contributed by atoms with Gasteiger partial charge in [-0.3, -0.25) is 4.79 Å². The predicted octanol–water partition coefficient (Wildman–Crippen LogP) is 1.50. The Morgan fingerprint density at radius 3 is 2.89 bits per heavy atom. The Balaban J connectivity index is 1.57. The van der Waals surface area contributed by atoms with Gasteiger partial charge in [0.05, 0.1) is 28.0 Å². The molecule has 0 spiro atoms. The van der Waals surface area contributed by atoms with Crippen LogP contribution in [0.4, 0.5) is 11.6 Å². The van der Waals surface area contributed by atoms with Gasteiger partial charge in [0.15, 0.2) is 11.5 Å². The minimum atomic E-state index is -3.40. The number of nitrogens with zero attached hydrogens (tertiary/aromatic N) is 6. The molecule has 4 aromatic heterocycles. The third-order valence-corrected chi connectivity index (χ3v) is 7.72. The average Bonchev–Trinajstić information content (AvgIpc) is 3.29. The van der Waals surface area contributed by atoms with Crippen LogP contribution in [0.25, 0.3) is 11.2 Å². The van der Waals surface area contributed by atoms with Crippen LogP contribution in [0.15, 0.2) is 30.7 Å². The fraction of sp³-hybridized carbons (Fsp3) is 0.300. The lowest BCUT2D eigenvalue weighted by Crippen LogP contribution is -2.34. The highest BCUT2D eigenvalue weighted by molar-refractivity contribution is 7.89. The monoisotopic (exact) mass is 537 g/mol. The van der Waals surface area contributed by atoms with Gasteiger partial charge in [0, 0.05) is 37.6 Å². The van der Waals surface area contributed by atoms with Gasteiger partial charge in [-0.25, -0.2) is 27.2 Å². The number of fused-ring (bicyclic) bond motifs is 2. The number of hydrogen-bond donors (Lipinski definition) is 3. The zero-order valence-electron chi connectivity index (χ0n) is 18.4. The molecular weight excluding hydrogens is 517 g/mol. The summed E-state index contributed by atoms with van der Waals surface area (Å²) >= 11 is 12.9. The molecule has 1 fully saturated rings. The van der Waals surface area contributed by atoms with E-state index in [4.69, 9.17) is 28.9 Å². The lowest BCUT2D eigenvalue weighted by atomic mass is 10.1. The maximum atomic E-state index is 13.2. The van der Waals surface area contributed by atoms with E-state index in [1.807, 2.05) is 4.90 Å². The molecule has 12 nitrogen and oxygen atoms in total. The number of carbonyl (C=O) groups is 1. The number of nitrogens with two attached hydrogens (primary N) is 1. The molecule has 1 amide bonds. The van der Waals surface area contributed by atoms with Crippen molar-refractivity contribution in [3.8, 4) is 0 Å². The van der Waals surface area contributed by atoms with Gasteiger partial charge < -0.3 is 16.0 Å². The van der Waals surface area contributed by atoms with Crippen LogP contribution in [0.5, 0.6) is 0 Å². The topological polar surface area (TPSA) is 152 Å². The van der Waals surface area contributed by atoms with Crippen molar-refractivity contribution in [1.29, 1.82) is 0 Å². The minimum Gasteiger partial charge on any atom is -0.381 e. The Bertz CT molecular complexity index is 1570. The van der Waals surface area contributed by atoms with Crippen LogP contribution in [0.2, 0.25) is 10.0 Å². The van der Waals surface area contributed by atoms with E-state index in [1.165, 1.54) is 10.7 Å². The van der Waals surface area contributed by atoms with E-state index in [0.29, 0.717) is 39.1 Å². The second-order valence-electron chi connectivity index (χ2n) is 8.07. The fourth-order valence-electron chi connectivity index (χ4n) is 4.16. The van der Waals surface area contributed by atoms with E-state index in [-0.39, 0.29) is 30.2 Å². The fourth-order valence-corrected chi connectivity index (χ4v) is 5.74. The quantitative estimate of drug-likeness (QED) is 0.354. The van der Waals surface area contributed by atoms with E-state index >= 15 is 0 Å². The van der Waals surface area contributed by atoms with Gasteiger partial charge >= 0.3 is 0 Å². The van der Waals surface area contributed by atoms with Gasteiger partial charge in [0.2, 0.25) is 10.0 Å². The first-order chi connectivity index (χ1) is 16.7. The van der Waals surface area contributed by atoms with Crippen LogP contribution in [0.3, 0.4) is 0 Å². The molecule has 15 heteroatoms. The van der Waals surface area contributed by atoms with E-state index in [2.05, 4.69) is 25.2 Å². The van der Waals surface area contributed by atoms with Gasteiger partial charge in [-0.2, -0.15) is 5.10 Å². The second-order valence-corrected chi connectivity index (χ2v) is 10.8. The van der Waals surface area contributed by atoms with E-state index in [0.717, 1.165) is 0 Å². The number of aromatic nitrogens is 5. The first-order valence-electron chi connectivity index (χ1n) is 10.6. The number of nitrogen functional groups attached to an aromatic ring is 1. The van der Waals surface area contributed by atoms with Gasteiger partial charge in [-0.05, 0) is 19.1 Å². The number of rotatable bonds is 4. The van der Waals surface area contributed by atoms with Crippen LogP contribution >= 0.6 is 23.2 Å². The third kappa shape index (κ3) is 4.24. The zero-order chi connectivity index (χ0) is 24.9. The van der Waals surface area contributed by atoms with E-state index in [1.54, 1.807) is 36.0 Å². The SMILES string of the molecule is CC(NC(=O)c1c(N)nn2cccnc12)c1cc(Cl)c2c(Cl)cnn2c1N1CCNS(=O)(=O)CC1. The summed E-state index contributed by atoms with van der Waals surface area (Å²) in [4.78, 5) is 19.3. The van der Waals surface area contributed by atoms with Crippen molar-refractivity contribution >= 4 is 61.9 Å². The first kappa shape index (κ1) is 23.6. The van der Waals surface area contributed by atoms with Crippen molar-refractivity contribution in [3.63, 3.8) is 0 Å². The number of nitrogens with one attached hydrogen (secondary N) is 2. The highest BCUT2D eigenvalue weighted by atomic mass is 35.5. The molecule has 5 heterocycles. The number of amides is 1. The molecule has 0 aliphatic carbocycles. The van der Waals surface area contributed by atoms with Gasteiger partial charge in [0.1, 0.15) is 16.9 Å². The Morgan fingerprint density at radius 2 is 2.09 bits per heavy atom. The molecule has 5 rings (SSSR count). The smallest absolute Gasteiger partial charge is 0.259 e. The Labute approximate surface area is 210 Å². The number of hydrogen-bond acceptors (Lipinski definition) is 8. The highest BCUT2D eigenvalue weighted by Crippen LogP contribution is 2.36. The van der Waals surface area contributed by atoms with Crippen molar-refractivity contribution in [1.82, 2.24) is 34.3 Å². The molecule has 1 saturated heterocycles. The molecule has 35 heavy (non-hydrogen) atoms. The van der Waals surface area contributed by atoms with Crippen molar-refractivity contribution < 1.29 is 13.2 Å². The average molecular weight is 538 g/mol. The second kappa shape index (κ2) is 8.82. The Morgan fingerprint density at radius 1 is 1.29 bits per heavy atom. The van der Waals surface area contributed by atoms with Crippen molar-refractivity contribution in [2.45, 2.75) is 13.0 Å². The standard InChI is InChI=1S/C20H21Cl2N9O3S/c1-11(27-19(32)15-17(23)28-30-5-2-3-24-18(15)30)12-9-13(21)16-14(22)10-25-31(16)20(12)29-6-4-26-35(33,34)8-7-29/h2-3,5,9-11,26H,4,6-8H2,1H3,(H2,23,28)(H,27,32). The number of carbonyl (C=O) groups excluding carboxylic acids is 1. The van der Waals surface area contributed by atoms with Crippen LogP contribution < -0.4 is 20.7 Å². The Hall–Kier alpha value is -3.13. The summed E-state index contributed by atoms with van der Waals surface area (Å²) in [6.07, 6.45) is 4.66. The lowest BCUT2D eigenvalue weighted by Gasteiger charge is -2.28. The van der Waals surface area contributed by atoms with Crippen LogP contribution in [-0.4, -0.2) is 63.9 Å². The molecular formula is C20H21Cl2N9O3S. The lowest BCUT2D eigenvalue weighted by molar-refractivity contribution is 0.0942. The van der Waals surface area contributed by atoms with Gasteiger partial charge in [-0.15, -0.1) is 5.10 Å². The molecule has 1 aliphatic heterocycles. The molecule has 184 valence electrons. The summed E-state index contributed by atoms with van der Waals surface area (Å²) in [6.45, 7) is 2.59. The van der Waals surface area contributed by atoms with E-state index in [9.17, 15) is 13.2 Å². The van der Waals surface area contributed by atoms with Gasteiger partial charge in [-0.1, -0.05) is 23.2 Å². The summed E-state index contributed by atoms with van der Waals surface area (Å²) < 4.78 is 29.8. The first-order valence-corrected chi connectivity index (χ1v) is 13.0. The predicted molar refractivity (Wildman–Crippen MR) is 132 cm³/mol. The number of pyridine rings is 1. The largest absolute Gasteiger partial charge is 0.381 e. The number of anilines is 2. The zero-order valence-corrected chi connectivity index (χ0v) is 20.8. The van der Waals surface area contributed by atoms with Crippen LogP contribution in [0.1, 0.15) is 28.9 Å². The summed E-state index contributed by atoms with van der Waals surface area (Å²) in [6, 6.07) is 2.81. The van der Waals surface area contributed by atoms with Crippen LogP contribution in [-0.2, 0) is 10.0 Å². The van der Waals surface area contributed by atoms with Crippen LogP contribution in [0, 0.1) is 0 Å². The van der Waals surface area contributed by atoms with Crippen molar-refractivity contribution in [2.24, 2.45) is 0 Å². The van der Waals surface area contributed by atoms with E-state index < -0.39 is 22.0 Å². The Kier molecular flexibility index (Phi) is 5.95. The van der Waals surface area contributed by atoms with Crippen molar-refractivity contribution in [2.75, 3.05) is 36.0 Å². The maximum absolute atomic E-state index is 13.2. The number of sulfonamides is 1. The number of halogens is 2.